The van der Waals surface area contributed by atoms with Crippen molar-refractivity contribution in [2.24, 2.45) is 0 Å². The van der Waals surface area contributed by atoms with Crippen molar-refractivity contribution in [2.45, 2.75) is 4.90 Å². The predicted molar refractivity (Wildman–Crippen MR) is 106 cm³/mol. The Hall–Kier alpha value is -2.46. The van der Waals surface area contributed by atoms with Gasteiger partial charge in [0.25, 0.3) is 5.91 Å². The minimum atomic E-state index is -3.74. The van der Waals surface area contributed by atoms with Crippen LogP contribution in [0.4, 0.5) is 5.69 Å². The van der Waals surface area contributed by atoms with Crippen molar-refractivity contribution in [3.63, 3.8) is 0 Å². The summed E-state index contributed by atoms with van der Waals surface area (Å²) in [5.41, 5.74) is 0.429. The van der Waals surface area contributed by atoms with Crippen LogP contribution in [-0.4, -0.2) is 57.5 Å². The van der Waals surface area contributed by atoms with Gasteiger partial charge in [-0.25, -0.2) is 13.2 Å². The van der Waals surface area contributed by atoms with E-state index in [4.69, 9.17) is 21.1 Å². The Morgan fingerprint density at radius 1 is 1.10 bits per heavy atom. The molecule has 0 spiro atoms. The second-order valence-electron chi connectivity index (χ2n) is 6.15. The van der Waals surface area contributed by atoms with Gasteiger partial charge in [-0.05, 0) is 30.3 Å². The van der Waals surface area contributed by atoms with Crippen LogP contribution in [0.25, 0.3) is 0 Å². The number of benzene rings is 2. The fourth-order valence-electron chi connectivity index (χ4n) is 2.67. The number of carbonyl (C=O) groups excluding carboxylic acids is 2. The number of hydrogen-bond acceptors (Lipinski definition) is 6. The number of sulfonamides is 1. The van der Waals surface area contributed by atoms with Gasteiger partial charge in [-0.15, -0.1) is 0 Å². The van der Waals surface area contributed by atoms with E-state index in [1.807, 2.05) is 0 Å². The first-order chi connectivity index (χ1) is 13.9. The van der Waals surface area contributed by atoms with Crippen LogP contribution < -0.4 is 5.32 Å². The molecule has 1 N–H and O–H groups in total. The molecule has 0 aromatic heterocycles. The van der Waals surface area contributed by atoms with Crippen molar-refractivity contribution < 1.29 is 27.5 Å². The highest BCUT2D eigenvalue weighted by atomic mass is 35.5. The highest BCUT2D eigenvalue weighted by Gasteiger charge is 2.27. The van der Waals surface area contributed by atoms with Crippen molar-refractivity contribution in [1.82, 2.24) is 4.31 Å². The third-order valence-electron chi connectivity index (χ3n) is 4.16. The van der Waals surface area contributed by atoms with Crippen LogP contribution in [0.3, 0.4) is 0 Å². The zero-order valence-corrected chi connectivity index (χ0v) is 16.9. The molecule has 29 heavy (non-hydrogen) atoms. The van der Waals surface area contributed by atoms with E-state index in [-0.39, 0.29) is 28.7 Å². The lowest BCUT2D eigenvalue weighted by Gasteiger charge is -2.26. The molecule has 154 valence electrons. The van der Waals surface area contributed by atoms with Crippen LogP contribution in [0.15, 0.2) is 53.4 Å². The molecule has 1 aliphatic rings. The van der Waals surface area contributed by atoms with Gasteiger partial charge in [0.1, 0.15) is 0 Å². The first kappa shape index (κ1) is 21.3. The maximum absolute atomic E-state index is 12.8. The number of anilines is 1. The minimum Gasteiger partial charge on any atom is -0.452 e. The number of ether oxygens (including phenoxy) is 2. The normalized spacial score (nSPS) is 14.9. The summed E-state index contributed by atoms with van der Waals surface area (Å²) in [6, 6.07) is 12.3. The number of nitrogens with one attached hydrogen (secondary N) is 1. The summed E-state index contributed by atoms with van der Waals surface area (Å²) in [4.78, 5) is 24.0. The quantitative estimate of drug-likeness (QED) is 0.693. The van der Waals surface area contributed by atoms with Gasteiger partial charge in [0, 0.05) is 13.1 Å². The maximum Gasteiger partial charge on any atom is 0.338 e. The summed E-state index contributed by atoms with van der Waals surface area (Å²) >= 11 is 6.08. The monoisotopic (exact) mass is 438 g/mol. The molecule has 8 nitrogen and oxygen atoms in total. The molecule has 1 fully saturated rings. The Balaban J connectivity index is 1.66. The van der Waals surface area contributed by atoms with E-state index in [1.54, 1.807) is 30.3 Å². The van der Waals surface area contributed by atoms with E-state index in [1.165, 1.54) is 22.5 Å². The third-order valence-corrected chi connectivity index (χ3v) is 6.39. The van der Waals surface area contributed by atoms with Crippen LogP contribution in [-0.2, 0) is 24.3 Å². The fraction of sp³-hybridized carbons (Fsp3) is 0.263. The molecule has 0 radical (unpaired) electrons. The molecule has 0 unspecified atom stereocenters. The topological polar surface area (TPSA) is 102 Å². The van der Waals surface area contributed by atoms with Crippen molar-refractivity contribution >= 4 is 39.2 Å². The Kier molecular flexibility index (Phi) is 6.86. The Morgan fingerprint density at radius 3 is 2.48 bits per heavy atom. The number of carbonyl (C=O) groups is 2. The zero-order chi connectivity index (χ0) is 20.9. The number of hydrogen-bond donors (Lipinski definition) is 1. The number of halogens is 1. The highest BCUT2D eigenvalue weighted by Crippen LogP contribution is 2.27. The zero-order valence-electron chi connectivity index (χ0n) is 15.3. The average molecular weight is 439 g/mol. The van der Waals surface area contributed by atoms with Gasteiger partial charge in [-0.2, -0.15) is 4.31 Å². The van der Waals surface area contributed by atoms with Crippen LogP contribution in [0.2, 0.25) is 5.02 Å². The van der Waals surface area contributed by atoms with Gasteiger partial charge >= 0.3 is 5.97 Å². The molecule has 1 heterocycles. The fourth-order valence-corrected chi connectivity index (χ4v) is 4.27. The molecule has 2 aromatic carbocycles. The molecule has 10 heteroatoms. The van der Waals surface area contributed by atoms with E-state index in [9.17, 15) is 18.0 Å². The van der Waals surface area contributed by atoms with Gasteiger partial charge in [-0.1, -0.05) is 29.8 Å². The average Bonchev–Trinajstić information content (AvgIpc) is 2.74. The number of esters is 1. The molecule has 0 bridgehead atoms. The van der Waals surface area contributed by atoms with Gasteiger partial charge in [0.2, 0.25) is 10.0 Å². The molecule has 0 atom stereocenters. The molecule has 1 saturated heterocycles. The van der Waals surface area contributed by atoms with Crippen LogP contribution >= 0.6 is 11.6 Å². The Bertz CT molecular complexity index is 991. The first-order valence-electron chi connectivity index (χ1n) is 8.77. The minimum absolute atomic E-state index is 0.000352. The Morgan fingerprint density at radius 2 is 1.79 bits per heavy atom. The number of morpholine rings is 1. The number of rotatable bonds is 6. The molecule has 1 aliphatic heterocycles. The summed E-state index contributed by atoms with van der Waals surface area (Å²) in [5, 5.41) is 2.64. The third kappa shape index (κ3) is 5.33. The summed E-state index contributed by atoms with van der Waals surface area (Å²) in [6.07, 6.45) is 0. The van der Waals surface area contributed by atoms with Crippen molar-refractivity contribution in [3.8, 4) is 0 Å². The SMILES string of the molecule is O=C(COC(=O)c1ccccc1)Nc1cc(S(=O)(=O)N2CCOCC2)ccc1Cl. The second kappa shape index (κ2) is 9.36. The smallest absolute Gasteiger partial charge is 0.338 e. The van der Waals surface area contributed by atoms with E-state index in [2.05, 4.69) is 5.32 Å². The van der Waals surface area contributed by atoms with E-state index in [0.717, 1.165) is 0 Å². The molecule has 3 rings (SSSR count). The maximum atomic E-state index is 12.8. The lowest BCUT2D eigenvalue weighted by atomic mass is 10.2. The standard InChI is InChI=1S/C19H19ClN2O6S/c20-16-7-6-15(29(25,26)22-8-10-27-11-9-22)12-17(16)21-18(23)13-28-19(24)14-4-2-1-3-5-14/h1-7,12H,8-11,13H2,(H,21,23). The highest BCUT2D eigenvalue weighted by molar-refractivity contribution is 7.89. The molecule has 1 amide bonds. The van der Waals surface area contributed by atoms with Gasteiger partial charge in [0.05, 0.1) is 34.4 Å². The van der Waals surface area contributed by atoms with Crippen molar-refractivity contribution in [2.75, 3.05) is 38.2 Å². The van der Waals surface area contributed by atoms with Crippen LogP contribution in [0.1, 0.15) is 10.4 Å². The molecular formula is C19H19ClN2O6S. The predicted octanol–water partition coefficient (Wildman–Crippen LogP) is 2.16. The lowest BCUT2D eigenvalue weighted by Crippen LogP contribution is -2.40. The summed E-state index contributed by atoms with van der Waals surface area (Å²) in [5.74, 6) is -1.28. The summed E-state index contributed by atoms with van der Waals surface area (Å²) < 4.78 is 37.0. The van der Waals surface area contributed by atoms with E-state index >= 15 is 0 Å². The van der Waals surface area contributed by atoms with Crippen LogP contribution in [0, 0.1) is 0 Å². The first-order valence-corrected chi connectivity index (χ1v) is 10.6. The van der Waals surface area contributed by atoms with Crippen molar-refractivity contribution in [1.29, 1.82) is 0 Å². The van der Waals surface area contributed by atoms with Gasteiger partial charge in [-0.3, -0.25) is 4.79 Å². The van der Waals surface area contributed by atoms with Crippen molar-refractivity contribution in [3.05, 3.63) is 59.1 Å². The lowest BCUT2D eigenvalue weighted by molar-refractivity contribution is -0.119. The van der Waals surface area contributed by atoms with Gasteiger partial charge in [0.15, 0.2) is 6.61 Å². The molecule has 2 aromatic rings. The second-order valence-corrected chi connectivity index (χ2v) is 8.49. The number of nitrogens with zero attached hydrogens (tertiary/aromatic N) is 1. The summed E-state index contributed by atoms with van der Waals surface area (Å²) in [7, 11) is -3.74. The largest absolute Gasteiger partial charge is 0.452 e. The van der Waals surface area contributed by atoms with Gasteiger partial charge < -0.3 is 14.8 Å². The van der Waals surface area contributed by atoms with Crippen LogP contribution in [0.5, 0.6) is 0 Å². The summed E-state index contributed by atoms with van der Waals surface area (Å²) in [6.45, 7) is 0.612. The molecule has 0 saturated carbocycles. The molecular weight excluding hydrogens is 420 g/mol. The molecule has 0 aliphatic carbocycles. The van der Waals surface area contributed by atoms with E-state index < -0.39 is 28.5 Å². The Labute approximate surface area is 173 Å². The number of amides is 1. The van der Waals surface area contributed by atoms with E-state index in [0.29, 0.717) is 18.8 Å².